The van der Waals surface area contributed by atoms with Crippen LogP contribution in [0.3, 0.4) is 0 Å². The van der Waals surface area contributed by atoms with Gasteiger partial charge >= 0.3 is 0 Å². The van der Waals surface area contributed by atoms with Gasteiger partial charge in [-0.3, -0.25) is 0 Å². The molecular weight excluding hydrogens is 88.1 g/mol. The van der Waals surface area contributed by atoms with Crippen LogP contribution in [0.25, 0.3) is 0 Å². The molecule has 0 saturated heterocycles. The summed E-state index contributed by atoms with van der Waals surface area (Å²) in [5, 5.41) is 2.90. The van der Waals surface area contributed by atoms with Crippen LogP contribution in [0.15, 0.2) is 6.58 Å². The van der Waals surface area contributed by atoms with Crippen LogP contribution in [-0.2, 0) is 0 Å². The first kappa shape index (κ1) is 5.87. The van der Waals surface area contributed by atoms with E-state index in [1.165, 1.54) is 0 Å². The van der Waals surface area contributed by atoms with Crippen molar-refractivity contribution in [1.29, 1.82) is 0 Å². The molecule has 0 aromatic rings. The summed E-state index contributed by atoms with van der Waals surface area (Å²) in [7, 11) is 0.403. The summed E-state index contributed by atoms with van der Waals surface area (Å²) in [6.07, 6.45) is 0. The second kappa shape index (κ2) is 3.07. The van der Waals surface area contributed by atoms with Crippen LogP contribution in [0.4, 0.5) is 0 Å². The normalized spacial score (nSPS) is 7.83. The van der Waals surface area contributed by atoms with Crippen LogP contribution in [0, 0.1) is 0 Å². The Hall–Kier alpha value is -0.133. The highest BCUT2D eigenvalue weighted by atomic mass is 28.2. The quantitative estimate of drug-likeness (QED) is 0.426. The van der Waals surface area contributed by atoms with Crippen LogP contribution in [0.2, 0.25) is 5.54 Å². The molecule has 1 heteroatoms. The van der Waals surface area contributed by atoms with Crippen molar-refractivity contribution in [2.75, 3.05) is 0 Å². The maximum absolute atomic E-state index is 3.51. The van der Waals surface area contributed by atoms with Gasteiger partial charge < -0.3 is 0 Å². The zero-order valence-corrected chi connectivity index (χ0v) is 5.52. The second-order valence-corrected chi connectivity index (χ2v) is 3.69. The Kier molecular flexibility index (Phi) is 3.00. The van der Waals surface area contributed by atoms with Crippen LogP contribution in [0.5, 0.6) is 0 Å². The number of hydrogen-bond acceptors (Lipinski definition) is 0. The minimum atomic E-state index is 0.403. The first-order valence-electron chi connectivity index (χ1n) is 2.13. The molecule has 0 spiro atoms. The van der Waals surface area contributed by atoms with E-state index in [0.29, 0.717) is 9.13 Å². The van der Waals surface area contributed by atoms with Crippen molar-refractivity contribution < 1.29 is 0 Å². The molecule has 0 nitrogen and oxygen atoms in total. The van der Waals surface area contributed by atoms with Gasteiger partial charge in [-0.1, -0.05) is 20.4 Å². The smallest absolute Gasteiger partial charge is 0.0517 e. The fraction of sp³-hybridized carbons (Fsp3) is 0.600. The maximum atomic E-state index is 3.51. The van der Waals surface area contributed by atoms with Crippen molar-refractivity contribution in [2.45, 2.75) is 19.4 Å². The monoisotopic (exact) mass is 98.1 g/mol. The molecule has 0 unspecified atom stereocenters. The zero-order chi connectivity index (χ0) is 4.99. The summed E-state index contributed by atoms with van der Waals surface area (Å²) in [5.74, 6) is 0. The Morgan fingerprint density at radius 3 is 2.17 bits per heavy atom. The third-order valence-electron chi connectivity index (χ3n) is 0.451. The van der Waals surface area contributed by atoms with Gasteiger partial charge in [-0.2, -0.15) is 5.33 Å². The SMILES string of the molecule is C=C=[SiH]C(C)C. The highest BCUT2D eigenvalue weighted by Crippen LogP contribution is 1.88. The van der Waals surface area contributed by atoms with Gasteiger partial charge in [-0.15, -0.1) is 0 Å². The maximum Gasteiger partial charge on any atom is 0.0517 e. The standard InChI is InChI=1S/C5H10Si/c1-4-6-5(2)3/h5-6H,1H2,2-3H3. The number of hydrogen-bond donors (Lipinski definition) is 0. The van der Waals surface area contributed by atoms with Gasteiger partial charge in [0.2, 0.25) is 0 Å². The summed E-state index contributed by atoms with van der Waals surface area (Å²) in [6.45, 7) is 7.89. The molecule has 6 heavy (non-hydrogen) atoms. The Labute approximate surface area is 41.3 Å². The van der Waals surface area contributed by atoms with E-state index in [0.717, 1.165) is 5.54 Å². The molecule has 0 fully saturated rings. The fourth-order valence-electron chi connectivity index (χ4n) is 0.236. The van der Waals surface area contributed by atoms with Crippen molar-refractivity contribution >= 4 is 14.5 Å². The van der Waals surface area contributed by atoms with Gasteiger partial charge in [0.15, 0.2) is 0 Å². The summed E-state index contributed by atoms with van der Waals surface area (Å²) < 4.78 is 0. The van der Waals surface area contributed by atoms with E-state index in [4.69, 9.17) is 0 Å². The van der Waals surface area contributed by atoms with Gasteiger partial charge in [-0.05, 0) is 5.54 Å². The highest BCUT2D eigenvalue weighted by Gasteiger charge is 1.77. The third-order valence-corrected chi connectivity index (χ3v) is 1.35. The van der Waals surface area contributed by atoms with Gasteiger partial charge in [-0.25, -0.2) is 0 Å². The Bertz CT molecular complexity index is 68.0. The lowest BCUT2D eigenvalue weighted by Gasteiger charge is -1.83. The van der Waals surface area contributed by atoms with Crippen molar-refractivity contribution in [1.82, 2.24) is 0 Å². The van der Waals surface area contributed by atoms with Crippen molar-refractivity contribution in [2.24, 2.45) is 0 Å². The van der Waals surface area contributed by atoms with E-state index in [2.05, 4.69) is 25.8 Å². The predicted octanol–water partition coefficient (Wildman–Crippen LogP) is 0.838. The van der Waals surface area contributed by atoms with Crippen LogP contribution < -0.4 is 0 Å². The predicted molar refractivity (Wildman–Crippen MR) is 32.9 cm³/mol. The molecule has 0 aliphatic rings. The molecule has 0 atom stereocenters. The minimum absolute atomic E-state index is 0.403. The highest BCUT2D eigenvalue weighted by molar-refractivity contribution is 6.45. The molecule has 34 valence electrons. The summed E-state index contributed by atoms with van der Waals surface area (Å²) in [4.78, 5) is 0. The van der Waals surface area contributed by atoms with Gasteiger partial charge in [0.1, 0.15) is 0 Å². The molecule has 0 radical (unpaired) electrons. The van der Waals surface area contributed by atoms with Crippen molar-refractivity contribution in [3.63, 3.8) is 0 Å². The summed E-state index contributed by atoms with van der Waals surface area (Å²) >= 11 is 0. The van der Waals surface area contributed by atoms with E-state index in [1.54, 1.807) is 0 Å². The fourth-order valence-corrected chi connectivity index (χ4v) is 0.707. The largest absolute Gasteiger partial charge is 0.168 e. The molecule has 0 aliphatic carbocycles. The summed E-state index contributed by atoms with van der Waals surface area (Å²) in [6, 6.07) is 0. The molecule has 0 saturated carbocycles. The van der Waals surface area contributed by atoms with Gasteiger partial charge in [0.05, 0.1) is 9.13 Å². The first-order chi connectivity index (χ1) is 2.77. The molecule has 0 N–H and O–H groups in total. The zero-order valence-electron chi connectivity index (χ0n) is 4.36. The lowest BCUT2D eigenvalue weighted by atomic mass is 10.6. The van der Waals surface area contributed by atoms with E-state index in [9.17, 15) is 0 Å². The average Bonchev–Trinajstić information content (AvgIpc) is 1.35. The van der Waals surface area contributed by atoms with Crippen LogP contribution in [-0.4, -0.2) is 14.5 Å². The topological polar surface area (TPSA) is 0 Å². The van der Waals surface area contributed by atoms with E-state index < -0.39 is 0 Å². The Balaban J connectivity index is 3.29. The molecule has 0 aliphatic heterocycles. The van der Waals surface area contributed by atoms with E-state index in [1.807, 2.05) is 0 Å². The lowest BCUT2D eigenvalue weighted by molar-refractivity contribution is 1.07. The molecular formula is C5H10Si. The Morgan fingerprint density at radius 2 is 2.17 bits per heavy atom. The van der Waals surface area contributed by atoms with Crippen LogP contribution >= 0.6 is 0 Å². The van der Waals surface area contributed by atoms with E-state index >= 15 is 0 Å². The van der Waals surface area contributed by atoms with Gasteiger partial charge in [0.25, 0.3) is 0 Å². The minimum Gasteiger partial charge on any atom is -0.168 e. The molecule has 0 aromatic carbocycles. The average molecular weight is 98.2 g/mol. The first-order valence-corrected chi connectivity index (χ1v) is 3.37. The molecule has 0 aromatic heterocycles. The number of rotatable bonds is 1. The van der Waals surface area contributed by atoms with Crippen LogP contribution in [0.1, 0.15) is 13.8 Å². The molecule has 0 amide bonds. The van der Waals surface area contributed by atoms with Gasteiger partial charge in [0, 0.05) is 0 Å². The Morgan fingerprint density at radius 1 is 1.67 bits per heavy atom. The lowest BCUT2D eigenvalue weighted by Crippen LogP contribution is -1.80. The molecule has 0 bridgehead atoms. The second-order valence-electron chi connectivity index (χ2n) is 1.61. The third kappa shape index (κ3) is 3.87. The van der Waals surface area contributed by atoms with Crippen molar-refractivity contribution in [3.8, 4) is 0 Å². The molecule has 0 heterocycles. The summed E-state index contributed by atoms with van der Waals surface area (Å²) in [5.41, 5.74) is 0.808. The van der Waals surface area contributed by atoms with Crippen molar-refractivity contribution in [3.05, 3.63) is 6.58 Å². The molecule has 0 rings (SSSR count). The van der Waals surface area contributed by atoms with E-state index in [-0.39, 0.29) is 0 Å².